The number of nitrogens with one attached hydrogen (secondary N) is 1. The summed E-state index contributed by atoms with van der Waals surface area (Å²) < 4.78 is 1.12. The molecule has 2 rings (SSSR count). The number of halogens is 1. The zero-order valence-corrected chi connectivity index (χ0v) is 12.8. The minimum atomic E-state index is 0.275. The molecule has 1 aromatic carbocycles. The van der Waals surface area contributed by atoms with E-state index >= 15 is 0 Å². The summed E-state index contributed by atoms with van der Waals surface area (Å²) in [5.74, 6) is 8.10. The Hall–Kier alpha value is -0.380. The van der Waals surface area contributed by atoms with Crippen LogP contribution in [-0.2, 0) is 0 Å². The molecule has 18 heavy (non-hydrogen) atoms. The third kappa shape index (κ3) is 3.14. The lowest BCUT2D eigenvalue weighted by molar-refractivity contribution is 0.171. The molecule has 0 bridgehead atoms. The van der Waals surface area contributed by atoms with E-state index in [0.29, 0.717) is 5.92 Å². The van der Waals surface area contributed by atoms with Gasteiger partial charge in [-0.2, -0.15) is 0 Å². The van der Waals surface area contributed by atoms with Crippen LogP contribution < -0.4 is 11.3 Å². The van der Waals surface area contributed by atoms with E-state index in [1.807, 2.05) is 0 Å². The molecule has 0 amide bonds. The van der Waals surface area contributed by atoms with Gasteiger partial charge in [-0.05, 0) is 48.3 Å². The Bertz CT molecular complexity index is 394. The predicted octanol–water partition coefficient (Wildman–Crippen LogP) is 4.03. The molecule has 1 saturated carbocycles. The first kappa shape index (κ1) is 14.0. The molecule has 4 atom stereocenters. The molecule has 0 radical (unpaired) electrons. The number of benzene rings is 1. The summed E-state index contributed by atoms with van der Waals surface area (Å²) in [7, 11) is 0. The first-order valence-electron chi connectivity index (χ1n) is 6.83. The Morgan fingerprint density at radius 1 is 1.28 bits per heavy atom. The molecule has 1 aliphatic carbocycles. The Kier molecular flexibility index (Phi) is 4.82. The van der Waals surface area contributed by atoms with Crippen molar-refractivity contribution >= 4 is 15.9 Å². The highest BCUT2D eigenvalue weighted by Gasteiger charge is 2.30. The molecular weight excluding hydrogens is 288 g/mol. The molecular formula is C15H23BrN2. The lowest BCUT2D eigenvalue weighted by Crippen LogP contribution is -2.36. The van der Waals surface area contributed by atoms with E-state index in [-0.39, 0.29) is 6.04 Å². The minimum absolute atomic E-state index is 0.275. The maximum absolute atomic E-state index is 5.80. The van der Waals surface area contributed by atoms with Crippen molar-refractivity contribution in [2.45, 2.75) is 39.2 Å². The maximum atomic E-state index is 5.80. The van der Waals surface area contributed by atoms with Gasteiger partial charge in [-0.15, -0.1) is 0 Å². The average Bonchev–Trinajstić information content (AvgIpc) is 2.35. The van der Waals surface area contributed by atoms with Crippen LogP contribution in [0.3, 0.4) is 0 Å². The first-order valence-corrected chi connectivity index (χ1v) is 7.62. The van der Waals surface area contributed by atoms with Crippen LogP contribution in [0.1, 0.15) is 44.7 Å². The first-order chi connectivity index (χ1) is 8.61. The summed E-state index contributed by atoms with van der Waals surface area (Å²) in [6, 6.07) is 8.75. The number of hydrogen-bond acceptors (Lipinski definition) is 2. The van der Waals surface area contributed by atoms with Crippen molar-refractivity contribution in [1.29, 1.82) is 0 Å². The van der Waals surface area contributed by atoms with E-state index in [1.54, 1.807) is 0 Å². The molecule has 1 aliphatic rings. The largest absolute Gasteiger partial charge is 0.271 e. The van der Waals surface area contributed by atoms with Crippen LogP contribution in [0.25, 0.3) is 0 Å². The van der Waals surface area contributed by atoms with Gasteiger partial charge >= 0.3 is 0 Å². The number of hydrazine groups is 1. The third-order valence-corrected chi connectivity index (χ3v) is 4.99. The number of rotatable bonds is 3. The van der Waals surface area contributed by atoms with Gasteiger partial charge in [-0.3, -0.25) is 11.3 Å². The van der Waals surface area contributed by atoms with Gasteiger partial charge in [0.1, 0.15) is 0 Å². The van der Waals surface area contributed by atoms with Crippen molar-refractivity contribution in [3.8, 4) is 0 Å². The summed E-state index contributed by atoms with van der Waals surface area (Å²) in [5.41, 5.74) is 4.32. The van der Waals surface area contributed by atoms with E-state index < -0.39 is 0 Å². The second kappa shape index (κ2) is 6.18. The summed E-state index contributed by atoms with van der Waals surface area (Å²) >= 11 is 3.54. The molecule has 0 saturated heterocycles. The van der Waals surface area contributed by atoms with E-state index in [0.717, 1.165) is 16.3 Å². The van der Waals surface area contributed by atoms with Crippen molar-refractivity contribution in [2.24, 2.45) is 23.6 Å². The van der Waals surface area contributed by atoms with Crippen molar-refractivity contribution in [3.05, 3.63) is 34.3 Å². The van der Waals surface area contributed by atoms with E-state index in [2.05, 4.69) is 59.5 Å². The molecule has 100 valence electrons. The standard InChI is InChI=1S/C15H23BrN2/c1-10-6-7-13(8-11(10)2)15(18-17)12-4-3-5-14(16)9-12/h3-5,9-11,13,15,18H,6-8,17H2,1-2H3. The van der Waals surface area contributed by atoms with Crippen LogP contribution in [0.5, 0.6) is 0 Å². The van der Waals surface area contributed by atoms with Crippen LogP contribution in [-0.4, -0.2) is 0 Å². The molecule has 1 fully saturated rings. The summed E-state index contributed by atoms with van der Waals surface area (Å²) in [5, 5.41) is 0. The van der Waals surface area contributed by atoms with Crippen LogP contribution >= 0.6 is 15.9 Å². The summed E-state index contributed by atoms with van der Waals surface area (Å²) in [6.07, 6.45) is 3.85. The highest BCUT2D eigenvalue weighted by Crippen LogP contribution is 2.39. The van der Waals surface area contributed by atoms with Gasteiger partial charge in [-0.25, -0.2) is 0 Å². The lowest BCUT2D eigenvalue weighted by Gasteiger charge is -2.36. The van der Waals surface area contributed by atoms with Crippen LogP contribution in [0, 0.1) is 17.8 Å². The second-order valence-electron chi connectivity index (χ2n) is 5.73. The fourth-order valence-corrected chi connectivity index (χ4v) is 3.51. The lowest BCUT2D eigenvalue weighted by atomic mass is 9.72. The second-order valence-corrected chi connectivity index (χ2v) is 6.64. The van der Waals surface area contributed by atoms with Gasteiger partial charge in [-0.1, -0.05) is 48.3 Å². The van der Waals surface area contributed by atoms with Gasteiger partial charge < -0.3 is 0 Å². The Morgan fingerprint density at radius 2 is 2.06 bits per heavy atom. The fraction of sp³-hybridized carbons (Fsp3) is 0.600. The Balaban J connectivity index is 2.14. The predicted molar refractivity (Wildman–Crippen MR) is 79.9 cm³/mol. The van der Waals surface area contributed by atoms with Crippen LogP contribution in [0.4, 0.5) is 0 Å². The zero-order chi connectivity index (χ0) is 13.1. The van der Waals surface area contributed by atoms with Crippen LogP contribution in [0.15, 0.2) is 28.7 Å². The van der Waals surface area contributed by atoms with Crippen molar-refractivity contribution in [1.82, 2.24) is 5.43 Å². The molecule has 0 aromatic heterocycles. The van der Waals surface area contributed by atoms with E-state index in [1.165, 1.54) is 24.8 Å². The van der Waals surface area contributed by atoms with Crippen molar-refractivity contribution in [2.75, 3.05) is 0 Å². The number of hydrogen-bond donors (Lipinski definition) is 2. The quantitative estimate of drug-likeness (QED) is 0.653. The highest BCUT2D eigenvalue weighted by molar-refractivity contribution is 9.10. The van der Waals surface area contributed by atoms with E-state index in [4.69, 9.17) is 5.84 Å². The Morgan fingerprint density at radius 3 is 2.67 bits per heavy atom. The molecule has 4 unspecified atom stereocenters. The van der Waals surface area contributed by atoms with Gasteiger partial charge in [0.25, 0.3) is 0 Å². The summed E-state index contributed by atoms with van der Waals surface area (Å²) in [4.78, 5) is 0. The Labute approximate surface area is 118 Å². The zero-order valence-electron chi connectivity index (χ0n) is 11.2. The fourth-order valence-electron chi connectivity index (χ4n) is 3.10. The normalized spacial score (nSPS) is 30.1. The molecule has 3 heteroatoms. The molecule has 2 nitrogen and oxygen atoms in total. The van der Waals surface area contributed by atoms with Gasteiger partial charge in [0, 0.05) is 10.5 Å². The van der Waals surface area contributed by atoms with Crippen molar-refractivity contribution < 1.29 is 0 Å². The molecule has 0 heterocycles. The monoisotopic (exact) mass is 310 g/mol. The van der Waals surface area contributed by atoms with Crippen LogP contribution in [0.2, 0.25) is 0 Å². The van der Waals surface area contributed by atoms with Gasteiger partial charge in [0.15, 0.2) is 0 Å². The van der Waals surface area contributed by atoms with Gasteiger partial charge in [0.05, 0.1) is 0 Å². The SMILES string of the molecule is CC1CCC(C(NN)c2cccc(Br)c2)CC1C. The molecule has 1 aromatic rings. The molecule has 0 aliphatic heterocycles. The highest BCUT2D eigenvalue weighted by atomic mass is 79.9. The maximum Gasteiger partial charge on any atom is 0.0488 e. The van der Waals surface area contributed by atoms with Gasteiger partial charge in [0.2, 0.25) is 0 Å². The average molecular weight is 311 g/mol. The smallest absolute Gasteiger partial charge is 0.0488 e. The topological polar surface area (TPSA) is 38.0 Å². The third-order valence-electron chi connectivity index (χ3n) is 4.50. The minimum Gasteiger partial charge on any atom is -0.271 e. The molecule has 3 N–H and O–H groups in total. The summed E-state index contributed by atoms with van der Waals surface area (Å²) in [6.45, 7) is 4.73. The van der Waals surface area contributed by atoms with Crippen molar-refractivity contribution in [3.63, 3.8) is 0 Å². The number of nitrogens with two attached hydrogens (primary N) is 1. The van der Waals surface area contributed by atoms with E-state index in [9.17, 15) is 0 Å². The molecule has 0 spiro atoms.